The average molecular weight is 275 g/mol. The van der Waals surface area contributed by atoms with E-state index in [1.807, 2.05) is 6.92 Å². The first-order chi connectivity index (χ1) is 7.02. The fraction of sp³-hybridized carbons (Fsp3) is 0.909. The van der Waals surface area contributed by atoms with Gasteiger partial charge in [-0.1, -0.05) is 67.9 Å². The summed E-state index contributed by atoms with van der Waals surface area (Å²) in [5.74, 6) is -0.0182. The quantitative estimate of drug-likeness (QED) is 0.456. The van der Waals surface area contributed by atoms with E-state index in [0.29, 0.717) is 6.61 Å². The van der Waals surface area contributed by atoms with Gasteiger partial charge in [0, 0.05) is 12.5 Å². The van der Waals surface area contributed by atoms with Crippen LogP contribution in [0.1, 0.15) is 39.0 Å². The Bertz CT molecular complexity index is 145. The zero-order valence-electron chi connectivity index (χ0n) is 9.28. The topological polar surface area (TPSA) is 9.23 Å². The Kier molecular flexibility index (Phi) is 9.42. The van der Waals surface area contributed by atoms with E-state index < -0.39 is 3.79 Å². The SMILES string of the molecule is [CH2]CCCCCOCC(CC)C(Cl)(Cl)Cl. The highest BCUT2D eigenvalue weighted by atomic mass is 35.6. The first kappa shape index (κ1) is 15.8. The molecule has 0 bridgehead atoms. The van der Waals surface area contributed by atoms with Crippen LogP contribution in [0.25, 0.3) is 0 Å². The van der Waals surface area contributed by atoms with Gasteiger partial charge in [0.15, 0.2) is 3.79 Å². The summed E-state index contributed by atoms with van der Waals surface area (Å²) in [5.41, 5.74) is 0. The smallest absolute Gasteiger partial charge is 0.195 e. The molecule has 1 unspecified atom stereocenters. The molecule has 0 fully saturated rings. The van der Waals surface area contributed by atoms with Gasteiger partial charge in [-0.3, -0.25) is 0 Å². The Labute approximate surface area is 108 Å². The summed E-state index contributed by atoms with van der Waals surface area (Å²) in [6.45, 7) is 7.06. The summed E-state index contributed by atoms with van der Waals surface area (Å²) in [5, 5.41) is 0. The van der Waals surface area contributed by atoms with E-state index >= 15 is 0 Å². The molecule has 0 saturated carbocycles. The molecule has 0 aromatic carbocycles. The number of ether oxygens (including phenoxy) is 1. The largest absolute Gasteiger partial charge is 0.381 e. The number of hydrogen-bond acceptors (Lipinski definition) is 1. The van der Waals surface area contributed by atoms with Crippen LogP contribution in [0.15, 0.2) is 0 Å². The van der Waals surface area contributed by atoms with E-state index in [1.165, 1.54) is 0 Å². The van der Waals surface area contributed by atoms with Gasteiger partial charge in [0.1, 0.15) is 0 Å². The van der Waals surface area contributed by atoms with Gasteiger partial charge in [-0.15, -0.1) is 0 Å². The molecule has 0 heterocycles. The Hall–Kier alpha value is 0.830. The lowest BCUT2D eigenvalue weighted by Gasteiger charge is -2.22. The molecule has 1 radical (unpaired) electrons. The van der Waals surface area contributed by atoms with Gasteiger partial charge in [0.25, 0.3) is 0 Å². The summed E-state index contributed by atoms with van der Waals surface area (Å²) in [7, 11) is 0. The third-order valence-electron chi connectivity index (χ3n) is 2.31. The second-order valence-corrected chi connectivity index (χ2v) is 6.00. The fourth-order valence-electron chi connectivity index (χ4n) is 1.23. The van der Waals surface area contributed by atoms with Crippen molar-refractivity contribution in [2.24, 2.45) is 5.92 Å². The van der Waals surface area contributed by atoms with E-state index in [2.05, 4.69) is 6.92 Å². The lowest BCUT2D eigenvalue weighted by atomic mass is 10.1. The molecule has 0 aliphatic heterocycles. The highest BCUT2D eigenvalue weighted by Gasteiger charge is 2.30. The third-order valence-corrected chi connectivity index (χ3v) is 3.24. The summed E-state index contributed by atoms with van der Waals surface area (Å²) in [6.07, 6.45) is 5.19. The van der Waals surface area contributed by atoms with Crippen molar-refractivity contribution in [3.05, 3.63) is 6.92 Å². The van der Waals surface area contributed by atoms with Gasteiger partial charge in [0.05, 0.1) is 6.61 Å². The minimum Gasteiger partial charge on any atom is -0.381 e. The van der Waals surface area contributed by atoms with Crippen molar-refractivity contribution in [3.63, 3.8) is 0 Å². The summed E-state index contributed by atoms with van der Waals surface area (Å²) in [6, 6.07) is 0. The standard InChI is InChI=1S/C11H20Cl3O/c1-3-5-6-7-8-15-9-10(4-2)11(12,13)14/h10H,1,3-9H2,2H3. The Balaban J connectivity index is 3.48. The predicted octanol–water partition coefficient (Wildman–Crippen LogP) is 4.79. The highest BCUT2D eigenvalue weighted by Crippen LogP contribution is 2.36. The highest BCUT2D eigenvalue weighted by molar-refractivity contribution is 6.67. The Morgan fingerprint density at radius 2 is 1.87 bits per heavy atom. The number of alkyl halides is 3. The van der Waals surface area contributed by atoms with Crippen LogP contribution in [0.2, 0.25) is 0 Å². The number of halogens is 3. The molecule has 0 amide bonds. The zero-order chi connectivity index (χ0) is 11.7. The second kappa shape index (κ2) is 8.92. The van der Waals surface area contributed by atoms with E-state index in [0.717, 1.165) is 38.7 Å². The van der Waals surface area contributed by atoms with Crippen LogP contribution in [0.3, 0.4) is 0 Å². The van der Waals surface area contributed by atoms with Gasteiger partial charge in [0.2, 0.25) is 0 Å². The van der Waals surface area contributed by atoms with Crippen molar-refractivity contribution >= 4 is 34.8 Å². The van der Waals surface area contributed by atoms with Crippen molar-refractivity contribution in [1.82, 2.24) is 0 Å². The summed E-state index contributed by atoms with van der Waals surface area (Å²) in [4.78, 5) is 0. The van der Waals surface area contributed by atoms with E-state index in [1.54, 1.807) is 0 Å². The van der Waals surface area contributed by atoms with Crippen LogP contribution in [0.4, 0.5) is 0 Å². The first-order valence-corrected chi connectivity index (χ1v) is 6.59. The van der Waals surface area contributed by atoms with Crippen molar-refractivity contribution < 1.29 is 4.74 Å². The average Bonchev–Trinajstić information content (AvgIpc) is 2.15. The molecule has 15 heavy (non-hydrogen) atoms. The number of unbranched alkanes of at least 4 members (excludes halogenated alkanes) is 3. The maximum atomic E-state index is 5.80. The monoisotopic (exact) mass is 273 g/mol. The van der Waals surface area contributed by atoms with Gasteiger partial charge in [-0.05, 0) is 12.8 Å². The van der Waals surface area contributed by atoms with Gasteiger partial charge >= 0.3 is 0 Å². The Morgan fingerprint density at radius 3 is 2.33 bits per heavy atom. The van der Waals surface area contributed by atoms with Crippen LogP contribution in [-0.4, -0.2) is 17.0 Å². The molecule has 0 spiro atoms. The lowest BCUT2D eigenvalue weighted by Crippen LogP contribution is -2.24. The molecule has 0 saturated heterocycles. The minimum atomic E-state index is -1.21. The molecule has 0 aliphatic carbocycles. The molecule has 4 heteroatoms. The summed E-state index contributed by atoms with van der Waals surface area (Å²) < 4.78 is 4.28. The molecule has 0 aromatic heterocycles. The molecule has 0 aromatic rings. The van der Waals surface area contributed by atoms with E-state index in [-0.39, 0.29) is 5.92 Å². The van der Waals surface area contributed by atoms with Crippen LogP contribution in [0, 0.1) is 12.8 Å². The first-order valence-electron chi connectivity index (χ1n) is 5.46. The maximum absolute atomic E-state index is 5.80. The molecule has 0 N–H and O–H groups in total. The van der Waals surface area contributed by atoms with Crippen LogP contribution >= 0.6 is 34.8 Å². The van der Waals surface area contributed by atoms with Gasteiger partial charge in [-0.2, -0.15) is 0 Å². The molecule has 0 aliphatic rings. The minimum absolute atomic E-state index is 0.0182. The maximum Gasteiger partial charge on any atom is 0.195 e. The van der Waals surface area contributed by atoms with E-state index in [9.17, 15) is 0 Å². The molecule has 1 atom stereocenters. The lowest BCUT2D eigenvalue weighted by molar-refractivity contribution is 0.0957. The van der Waals surface area contributed by atoms with Crippen molar-refractivity contribution in [2.75, 3.05) is 13.2 Å². The van der Waals surface area contributed by atoms with Gasteiger partial charge < -0.3 is 4.74 Å². The number of hydrogen-bond donors (Lipinski definition) is 0. The van der Waals surface area contributed by atoms with Crippen LogP contribution in [0.5, 0.6) is 0 Å². The molecular formula is C11H20Cl3O. The van der Waals surface area contributed by atoms with Crippen molar-refractivity contribution in [2.45, 2.75) is 42.8 Å². The predicted molar refractivity (Wildman–Crippen MR) is 68.7 cm³/mol. The second-order valence-electron chi connectivity index (χ2n) is 3.64. The molecule has 91 valence electrons. The normalized spacial score (nSPS) is 14.2. The van der Waals surface area contributed by atoms with Crippen molar-refractivity contribution in [3.8, 4) is 0 Å². The number of rotatable bonds is 8. The molecular weight excluding hydrogens is 254 g/mol. The van der Waals surface area contributed by atoms with Crippen molar-refractivity contribution in [1.29, 1.82) is 0 Å². The summed E-state index contributed by atoms with van der Waals surface area (Å²) >= 11 is 17.4. The van der Waals surface area contributed by atoms with Crippen LogP contribution in [-0.2, 0) is 4.74 Å². The van der Waals surface area contributed by atoms with Crippen LogP contribution < -0.4 is 0 Å². The third kappa shape index (κ3) is 8.62. The zero-order valence-corrected chi connectivity index (χ0v) is 11.5. The molecule has 0 rings (SSSR count). The molecule has 1 nitrogen and oxygen atoms in total. The van der Waals surface area contributed by atoms with Gasteiger partial charge in [-0.25, -0.2) is 0 Å². The fourth-order valence-corrected chi connectivity index (χ4v) is 1.88. The Morgan fingerprint density at radius 1 is 1.20 bits per heavy atom. The van der Waals surface area contributed by atoms with E-state index in [4.69, 9.17) is 39.5 Å².